The molecule has 0 bridgehead atoms. The van der Waals surface area contributed by atoms with Crippen molar-refractivity contribution in [3.8, 4) is 0 Å². The maximum absolute atomic E-state index is 10.5. The first-order valence-corrected chi connectivity index (χ1v) is 7.27. The summed E-state index contributed by atoms with van der Waals surface area (Å²) in [5.41, 5.74) is 2.19. The van der Waals surface area contributed by atoms with Crippen LogP contribution >= 0.6 is 23.4 Å². The predicted octanol–water partition coefficient (Wildman–Crippen LogP) is 4.26. The minimum Gasteiger partial charge on any atom is -0.388 e. The molecule has 3 heteroatoms. The highest BCUT2D eigenvalue weighted by atomic mass is 35.5. The van der Waals surface area contributed by atoms with Crippen molar-refractivity contribution in [3.63, 3.8) is 0 Å². The van der Waals surface area contributed by atoms with E-state index in [0.29, 0.717) is 5.02 Å². The van der Waals surface area contributed by atoms with E-state index in [-0.39, 0.29) is 5.92 Å². The molecule has 3 rings (SSSR count). The molecule has 1 N–H and O–H groups in total. The lowest BCUT2D eigenvalue weighted by molar-refractivity contribution is 0.154. The molecule has 0 spiro atoms. The van der Waals surface area contributed by atoms with Crippen molar-refractivity contribution in [2.24, 2.45) is 0 Å². The fourth-order valence-corrected chi connectivity index (χ4v) is 3.75. The third kappa shape index (κ3) is 2.16. The minimum atomic E-state index is -0.460. The van der Waals surface area contributed by atoms with Crippen LogP contribution in [0.25, 0.3) is 0 Å². The second-order valence-corrected chi connectivity index (χ2v) is 5.95. The van der Waals surface area contributed by atoms with Crippen LogP contribution in [-0.2, 0) is 0 Å². The van der Waals surface area contributed by atoms with E-state index < -0.39 is 6.10 Å². The second kappa shape index (κ2) is 4.96. The van der Waals surface area contributed by atoms with E-state index in [1.807, 2.05) is 48.2 Å². The Kier molecular flexibility index (Phi) is 3.33. The van der Waals surface area contributed by atoms with E-state index in [9.17, 15) is 5.11 Å². The van der Waals surface area contributed by atoms with Gasteiger partial charge in [-0.2, -0.15) is 0 Å². The van der Waals surface area contributed by atoms with Gasteiger partial charge in [-0.25, -0.2) is 0 Å². The molecule has 2 aromatic carbocycles. The molecule has 0 saturated heterocycles. The first kappa shape index (κ1) is 12.1. The Morgan fingerprint density at radius 1 is 1.11 bits per heavy atom. The SMILES string of the molecule is OC(c1ccc(Cl)cc1)C1CSc2ccccc21. The zero-order valence-corrected chi connectivity index (χ0v) is 11.3. The molecule has 0 radical (unpaired) electrons. The van der Waals surface area contributed by atoms with Gasteiger partial charge in [-0.1, -0.05) is 41.9 Å². The van der Waals surface area contributed by atoms with Gasteiger partial charge in [-0.05, 0) is 29.3 Å². The average Bonchev–Trinajstić information content (AvgIpc) is 2.82. The van der Waals surface area contributed by atoms with Gasteiger partial charge in [-0.3, -0.25) is 0 Å². The van der Waals surface area contributed by atoms with Gasteiger partial charge in [0.15, 0.2) is 0 Å². The number of rotatable bonds is 2. The molecule has 1 heterocycles. The van der Waals surface area contributed by atoms with Crippen molar-refractivity contribution in [1.82, 2.24) is 0 Å². The summed E-state index contributed by atoms with van der Waals surface area (Å²) in [7, 11) is 0. The predicted molar refractivity (Wildman–Crippen MR) is 76.3 cm³/mol. The maximum atomic E-state index is 10.5. The molecule has 18 heavy (non-hydrogen) atoms. The Morgan fingerprint density at radius 3 is 2.61 bits per heavy atom. The number of halogens is 1. The second-order valence-electron chi connectivity index (χ2n) is 4.45. The molecule has 0 aliphatic carbocycles. The number of thioether (sulfide) groups is 1. The van der Waals surface area contributed by atoms with Crippen LogP contribution in [0.4, 0.5) is 0 Å². The zero-order chi connectivity index (χ0) is 12.5. The topological polar surface area (TPSA) is 20.2 Å². The minimum absolute atomic E-state index is 0.173. The summed E-state index contributed by atoms with van der Waals surface area (Å²) in [6, 6.07) is 15.8. The van der Waals surface area contributed by atoms with Gasteiger partial charge >= 0.3 is 0 Å². The van der Waals surface area contributed by atoms with Crippen LogP contribution in [0, 0.1) is 0 Å². The Hall–Kier alpha value is -0.960. The molecule has 1 aliphatic rings. The number of aliphatic hydroxyl groups excluding tert-OH is 1. The third-order valence-electron chi connectivity index (χ3n) is 3.33. The van der Waals surface area contributed by atoms with Gasteiger partial charge in [0.05, 0.1) is 6.10 Å². The molecule has 0 amide bonds. The molecule has 92 valence electrons. The summed E-state index contributed by atoms with van der Waals surface area (Å²) < 4.78 is 0. The molecular formula is C15H13ClOS. The quantitative estimate of drug-likeness (QED) is 0.884. The van der Waals surface area contributed by atoms with Crippen LogP contribution in [0.3, 0.4) is 0 Å². The lowest BCUT2D eigenvalue weighted by Crippen LogP contribution is -2.10. The number of fused-ring (bicyclic) bond motifs is 1. The molecule has 0 fully saturated rings. The monoisotopic (exact) mass is 276 g/mol. The summed E-state index contributed by atoms with van der Waals surface area (Å²) in [4.78, 5) is 1.29. The largest absolute Gasteiger partial charge is 0.388 e. The highest BCUT2D eigenvalue weighted by Gasteiger charge is 2.29. The van der Waals surface area contributed by atoms with Gasteiger partial charge < -0.3 is 5.11 Å². The van der Waals surface area contributed by atoms with Crippen molar-refractivity contribution >= 4 is 23.4 Å². The van der Waals surface area contributed by atoms with E-state index >= 15 is 0 Å². The van der Waals surface area contributed by atoms with E-state index in [0.717, 1.165) is 11.3 Å². The number of hydrogen-bond donors (Lipinski definition) is 1. The first-order valence-electron chi connectivity index (χ1n) is 5.91. The van der Waals surface area contributed by atoms with E-state index in [2.05, 4.69) is 12.1 Å². The van der Waals surface area contributed by atoms with Crippen molar-refractivity contribution in [3.05, 3.63) is 64.7 Å². The van der Waals surface area contributed by atoms with Gasteiger partial charge in [0.1, 0.15) is 0 Å². The van der Waals surface area contributed by atoms with Crippen molar-refractivity contribution < 1.29 is 5.11 Å². The van der Waals surface area contributed by atoms with Crippen LogP contribution in [-0.4, -0.2) is 10.9 Å². The summed E-state index contributed by atoms with van der Waals surface area (Å²) in [6.45, 7) is 0. The number of aliphatic hydroxyl groups is 1. The molecule has 1 aliphatic heterocycles. The summed E-state index contributed by atoms with van der Waals surface area (Å²) >= 11 is 7.69. The highest BCUT2D eigenvalue weighted by molar-refractivity contribution is 7.99. The van der Waals surface area contributed by atoms with E-state index in [1.54, 1.807) is 0 Å². The van der Waals surface area contributed by atoms with Gasteiger partial charge in [0, 0.05) is 21.6 Å². The fraction of sp³-hybridized carbons (Fsp3) is 0.200. The molecule has 0 aromatic heterocycles. The van der Waals surface area contributed by atoms with Gasteiger partial charge in [0.2, 0.25) is 0 Å². The Bertz CT molecular complexity index is 553. The van der Waals surface area contributed by atoms with Crippen LogP contribution < -0.4 is 0 Å². The summed E-state index contributed by atoms with van der Waals surface area (Å²) in [5.74, 6) is 1.11. The maximum Gasteiger partial charge on any atom is 0.0867 e. The molecule has 2 unspecified atom stereocenters. The van der Waals surface area contributed by atoms with E-state index in [4.69, 9.17) is 11.6 Å². The first-order chi connectivity index (χ1) is 8.75. The van der Waals surface area contributed by atoms with Gasteiger partial charge in [0.25, 0.3) is 0 Å². The lowest BCUT2D eigenvalue weighted by Gasteiger charge is -2.19. The molecule has 2 aromatic rings. The number of benzene rings is 2. The Labute approximate surface area is 116 Å². The highest BCUT2D eigenvalue weighted by Crippen LogP contribution is 2.45. The normalized spacial score (nSPS) is 19.6. The number of hydrogen-bond acceptors (Lipinski definition) is 2. The van der Waals surface area contributed by atoms with Crippen LogP contribution in [0.5, 0.6) is 0 Å². The van der Waals surface area contributed by atoms with Crippen molar-refractivity contribution in [2.45, 2.75) is 16.9 Å². The summed E-state index contributed by atoms with van der Waals surface area (Å²) in [6.07, 6.45) is -0.460. The Balaban J connectivity index is 1.90. The van der Waals surface area contributed by atoms with Crippen LogP contribution in [0.15, 0.2) is 53.4 Å². The average molecular weight is 277 g/mol. The van der Waals surface area contributed by atoms with Crippen molar-refractivity contribution in [1.29, 1.82) is 0 Å². The lowest BCUT2D eigenvalue weighted by atomic mass is 9.91. The van der Waals surface area contributed by atoms with Crippen molar-refractivity contribution in [2.75, 3.05) is 5.75 Å². The molecule has 0 saturated carbocycles. The fourth-order valence-electron chi connectivity index (χ4n) is 2.34. The Morgan fingerprint density at radius 2 is 1.83 bits per heavy atom. The van der Waals surface area contributed by atoms with E-state index in [1.165, 1.54) is 10.5 Å². The van der Waals surface area contributed by atoms with Crippen LogP contribution in [0.2, 0.25) is 5.02 Å². The third-order valence-corrected chi connectivity index (χ3v) is 4.79. The smallest absolute Gasteiger partial charge is 0.0867 e. The molecule has 2 atom stereocenters. The zero-order valence-electron chi connectivity index (χ0n) is 9.71. The standard InChI is InChI=1S/C15H13ClOS/c16-11-7-5-10(6-8-11)15(17)13-9-18-14-4-2-1-3-12(13)14/h1-8,13,15,17H,9H2. The molecular weight excluding hydrogens is 264 g/mol. The molecule has 1 nitrogen and oxygen atoms in total. The summed E-state index contributed by atoms with van der Waals surface area (Å²) in [5, 5.41) is 11.2. The van der Waals surface area contributed by atoms with Crippen LogP contribution in [0.1, 0.15) is 23.1 Å². The van der Waals surface area contributed by atoms with Gasteiger partial charge in [-0.15, -0.1) is 11.8 Å².